The Balaban J connectivity index is 2.14. The fourth-order valence-electron chi connectivity index (χ4n) is 2.31. The van der Waals surface area contributed by atoms with Gasteiger partial charge < -0.3 is 9.84 Å². The Kier molecular flexibility index (Phi) is 3.07. The Hall–Kier alpha value is -1.55. The minimum atomic E-state index is -0.923. The third-order valence-corrected chi connectivity index (χ3v) is 3.09. The van der Waals surface area contributed by atoms with Crippen LogP contribution in [0.5, 0.6) is 0 Å². The highest BCUT2D eigenvalue weighted by Crippen LogP contribution is 2.29. The van der Waals surface area contributed by atoms with Gasteiger partial charge in [-0.05, 0) is 25.8 Å². The Morgan fingerprint density at radius 1 is 1.47 bits per heavy atom. The first kappa shape index (κ1) is 11.9. The molecule has 1 fully saturated rings. The molecular weight excluding hydrogens is 218 g/mol. The molecule has 1 atom stereocenters. The van der Waals surface area contributed by atoms with Gasteiger partial charge >= 0.3 is 6.09 Å². The third kappa shape index (κ3) is 2.42. The highest BCUT2D eigenvalue weighted by Gasteiger charge is 2.43. The van der Waals surface area contributed by atoms with Gasteiger partial charge in [-0.1, -0.05) is 30.3 Å². The topological polar surface area (TPSA) is 49.8 Å². The maximum absolute atomic E-state index is 11.3. The molecule has 0 radical (unpaired) electrons. The molecule has 1 aliphatic rings. The third-order valence-electron chi connectivity index (χ3n) is 3.09. The van der Waals surface area contributed by atoms with Crippen molar-refractivity contribution in [2.75, 3.05) is 6.61 Å². The number of hydrogen-bond donors (Lipinski definition) is 1. The van der Waals surface area contributed by atoms with Crippen LogP contribution in [0.1, 0.15) is 19.4 Å². The predicted molar refractivity (Wildman–Crippen MR) is 63.8 cm³/mol. The van der Waals surface area contributed by atoms with E-state index in [-0.39, 0.29) is 6.04 Å². The van der Waals surface area contributed by atoms with Crippen LogP contribution < -0.4 is 0 Å². The Labute approximate surface area is 101 Å². The zero-order valence-electron chi connectivity index (χ0n) is 10.1. The summed E-state index contributed by atoms with van der Waals surface area (Å²) < 4.78 is 5.54. The number of benzene rings is 1. The molecule has 1 amide bonds. The molecule has 2 rings (SSSR count). The van der Waals surface area contributed by atoms with Crippen molar-refractivity contribution in [1.82, 2.24) is 4.90 Å². The molecule has 1 aliphatic heterocycles. The van der Waals surface area contributed by atoms with E-state index in [1.165, 1.54) is 4.90 Å². The molecular formula is C13H17NO3. The lowest BCUT2D eigenvalue weighted by atomic mass is 10.1. The minimum absolute atomic E-state index is 0.107. The summed E-state index contributed by atoms with van der Waals surface area (Å²) in [5.41, 5.74) is 0.399. The van der Waals surface area contributed by atoms with Crippen LogP contribution in [0.4, 0.5) is 4.79 Å². The number of hydrogen-bond acceptors (Lipinski definition) is 2. The van der Waals surface area contributed by atoms with E-state index in [1.54, 1.807) is 13.8 Å². The fourth-order valence-corrected chi connectivity index (χ4v) is 2.31. The van der Waals surface area contributed by atoms with Gasteiger partial charge in [-0.15, -0.1) is 0 Å². The number of nitrogens with zero attached hydrogens (tertiary/aromatic N) is 1. The summed E-state index contributed by atoms with van der Waals surface area (Å²) in [5, 5.41) is 9.24. The first-order valence-electron chi connectivity index (χ1n) is 5.71. The molecule has 17 heavy (non-hydrogen) atoms. The van der Waals surface area contributed by atoms with Crippen LogP contribution in [0.2, 0.25) is 0 Å². The molecule has 1 N–H and O–H groups in total. The maximum Gasteiger partial charge on any atom is 0.409 e. The lowest BCUT2D eigenvalue weighted by molar-refractivity contribution is -0.0419. The number of carboxylic acid groups (broad SMARTS) is 1. The van der Waals surface area contributed by atoms with Crippen LogP contribution in [-0.4, -0.2) is 34.5 Å². The van der Waals surface area contributed by atoms with Crippen LogP contribution in [0, 0.1) is 0 Å². The van der Waals surface area contributed by atoms with Gasteiger partial charge in [0, 0.05) is 0 Å². The summed E-state index contributed by atoms with van der Waals surface area (Å²) in [6.07, 6.45) is -0.232. The van der Waals surface area contributed by atoms with Gasteiger partial charge in [0.25, 0.3) is 0 Å². The van der Waals surface area contributed by atoms with Crippen molar-refractivity contribution < 1.29 is 14.6 Å². The Bertz CT molecular complexity index is 402. The van der Waals surface area contributed by atoms with Crippen LogP contribution in [0.3, 0.4) is 0 Å². The number of amides is 1. The van der Waals surface area contributed by atoms with Gasteiger partial charge in [-0.3, -0.25) is 4.90 Å². The summed E-state index contributed by atoms with van der Waals surface area (Å²) >= 11 is 0. The van der Waals surface area contributed by atoms with E-state index >= 15 is 0 Å². The fraction of sp³-hybridized carbons (Fsp3) is 0.462. The Morgan fingerprint density at radius 2 is 2.12 bits per heavy atom. The summed E-state index contributed by atoms with van der Waals surface area (Å²) in [6.45, 7) is 4.02. The second-order valence-corrected chi connectivity index (χ2v) is 4.75. The second kappa shape index (κ2) is 4.37. The standard InChI is InChI=1S/C13H17NO3/c1-13(2)14(12(15)16)11(9-17-13)8-10-6-4-3-5-7-10/h3-7,11H,8-9H2,1-2H3,(H,15,16). The van der Waals surface area contributed by atoms with Gasteiger partial charge in [-0.2, -0.15) is 0 Å². The van der Waals surface area contributed by atoms with Crippen molar-refractivity contribution in [3.05, 3.63) is 35.9 Å². The molecule has 0 saturated carbocycles. The molecule has 1 unspecified atom stereocenters. The van der Waals surface area contributed by atoms with Crippen LogP contribution in [-0.2, 0) is 11.2 Å². The maximum atomic E-state index is 11.3. The summed E-state index contributed by atoms with van der Waals surface area (Å²) in [7, 11) is 0. The normalized spacial score (nSPS) is 22.7. The molecule has 1 heterocycles. The van der Waals surface area contributed by atoms with E-state index < -0.39 is 11.8 Å². The molecule has 92 valence electrons. The number of ether oxygens (including phenoxy) is 1. The molecule has 0 bridgehead atoms. The molecule has 1 aromatic rings. The van der Waals surface area contributed by atoms with E-state index in [0.717, 1.165) is 5.56 Å². The highest BCUT2D eigenvalue weighted by molar-refractivity contribution is 5.66. The van der Waals surface area contributed by atoms with Gasteiger partial charge in [0.2, 0.25) is 0 Å². The van der Waals surface area contributed by atoms with Gasteiger partial charge in [0.1, 0.15) is 5.72 Å². The van der Waals surface area contributed by atoms with Crippen molar-refractivity contribution in [3.8, 4) is 0 Å². The van der Waals surface area contributed by atoms with Crippen LogP contribution in [0.25, 0.3) is 0 Å². The lowest BCUT2D eigenvalue weighted by Gasteiger charge is -2.30. The highest BCUT2D eigenvalue weighted by atomic mass is 16.5. The Morgan fingerprint density at radius 3 is 2.71 bits per heavy atom. The summed E-state index contributed by atoms with van der Waals surface area (Å²) in [5.74, 6) is 0. The first-order valence-corrected chi connectivity index (χ1v) is 5.71. The largest absolute Gasteiger partial charge is 0.465 e. The lowest BCUT2D eigenvalue weighted by Crippen LogP contribution is -2.47. The van der Waals surface area contributed by atoms with E-state index in [9.17, 15) is 9.90 Å². The molecule has 0 aliphatic carbocycles. The van der Waals surface area contributed by atoms with Crippen molar-refractivity contribution in [3.63, 3.8) is 0 Å². The minimum Gasteiger partial charge on any atom is -0.465 e. The average Bonchev–Trinajstić information content (AvgIpc) is 2.55. The quantitative estimate of drug-likeness (QED) is 0.856. The zero-order chi connectivity index (χ0) is 12.5. The predicted octanol–water partition coefficient (Wildman–Crippen LogP) is 2.34. The molecule has 4 nitrogen and oxygen atoms in total. The summed E-state index contributed by atoms with van der Waals surface area (Å²) in [4.78, 5) is 12.7. The average molecular weight is 235 g/mol. The van der Waals surface area contributed by atoms with Crippen molar-refractivity contribution in [2.45, 2.75) is 32.0 Å². The SMILES string of the molecule is CC1(C)OCC(Cc2ccccc2)N1C(=O)O. The van der Waals surface area contributed by atoms with E-state index in [4.69, 9.17) is 4.74 Å². The van der Waals surface area contributed by atoms with Gasteiger partial charge in [0.15, 0.2) is 0 Å². The number of carbonyl (C=O) groups is 1. The second-order valence-electron chi connectivity index (χ2n) is 4.75. The molecule has 0 spiro atoms. The van der Waals surface area contributed by atoms with E-state index in [1.807, 2.05) is 30.3 Å². The number of rotatable bonds is 2. The van der Waals surface area contributed by atoms with Crippen molar-refractivity contribution in [1.29, 1.82) is 0 Å². The van der Waals surface area contributed by atoms with Gasteiger partial charge in [0.05, 0.1) is 12.6 Å². The van der Waals surface area contributed by atoms with E-state index in [2.05, 4.69) is 0 Å². The van der Waals surface area contributed by atoms with Crippen LogP contribution >= 0.6 is 0 Å². The van der Waals surface area contributed by atoms with Crippen molar-refractivity contribution >= 4 is 6.09 Å². The first-order chi connectivity index (χ1) is 8.00. The van der Waals surface area contributed by atoms with E-state index in [0.29, 0.717) is 13.0 Å². The smallest absolute Gasteiger partial charge is 0.409 e. The van der Waals surface area contributed by atoms with Crippen molar-refractivity contribution in [2.24, 2.45) is 0 Å². The molecule has 4 heteroatoms. The molecule has 1 saturated heterocycles. The monoisotopic (exact) mass is 235 g/mol. The van der Waals surface area contributed by atoms with Crippen LogP contribution in [0.15, 0.2) is 30.3 Å². The molecule has 0 aromatic heterocycles. The molecule has 1 aromatic carbocycles. The van der Waals surface area contributed by atoms with Gasteiger partial charge in [-0.25, -0.2) is 4.79 Å². The zero-order valence-corrected chi connectivity index (χ0v) is 10.1. The summed E-state index contributed by atoms with van der Waals surface area (Å²) in [6, 6.07) is 9.78.